The third-order valence-electron chi connectivity index (χ3n) is 4.62. The normalized spacial score (nSPS) is 21.7. The van der Waals surface area contributed by atoms with Gasteiger partial charge >= 0.3 is 0 Å². The van der Waals surface area contributed by atoms with E-state index in [1.807, 2.05) is 16.8 Å². The maximum atomic E-state index is 14.5. The first kappa shape index (κ1) is 16.2. The van der Waals surface area contributed by atoms with Crippen molar-refractivity contribution in [3.8, 4) is 0 Å². The van der Waals surface area contributed by atoms with E-state index in [2.05, 4.69) is 5.32 Å². The Morgan fingerprint density at radius 1 is 1.35 bits per heavy atom. The van der Waals surface area contributed by atoms with Crippen LogP contribution in [-0.2, 0) is 4.74 Å². The van der Waals surface area contributed by atoms with E-state index < -0.39 is 0 Å². The van der Waals surface area contributed by atoms with E-state index in [-0.39, 0.29) is 17.8 Å². The molecule has 1 N–H and O–H groups in total. The number of morpholine rings is 1. The summed E-state index contributed by atoms with van der Waals surface area (Å²) in [5, 5.41) is 3.12. The van der Waals surface area contributed by atoms with Gasteiger partial charge in [-0.2, -0.15) is 0 Å². The van der Waals surface area contributed by atoms with Crippen LogP contribution in [0.4, 0.5) is 10.1 Å². The largest absolute Gasteiger partial charge is 0.378 e. The van der Waals surface area contributed by atoms with Crippen LogP contribution in [0.3, 0.4) is 0 Å². The van der Waals surface area contributed by atoms with Crippen molar-refractivity contribution < 1.29 is 13.9 Å². The van der Waals surface area contributed by atoms with Gasteiger partial charge in [0.1, 0.15) is 5.82 Å². The first-order valence-corrected chi connectivity index (χ1v) is 8.28. The van der Waals surface area contributed by atoms with E-state index in [4.69, 9.17) is 4.74 Å². The van der Waals surface area contributed by atoms with Gasteiger partial charge in [0.25, 0.3) is 5.91 Å². The molecule has 126 valence electrons. The number of hydrogen-bond donors (Lipinski definition) is 1. The molecule has 2 heterocycles. The predicted octanol–water partition coefficient (Wildman–Crippen LogP) is 1.49. The number of rotatable bonds is 4. The fourth-order valence-electron chi connectivity index (χ4n) is 3.42. The van der Waals surface area contributed by atoms with E-state index >= 15 is 0 Å². The van der Waals surface area contributed by atoms with Crippen molar-refractivity contribution in [2.75, 3.05) is 51.3 Å². The number of benzene rings is 1. The van der Waals surface area contributed by atoms with Crippen molar-refractivity contribution in [2.24, 2.45) is 0 Å². The monoisotopic (exact) mass is 321 g/mol. The lowest BCUT2D eigenvalue weighted by molar-refractivity contribution is 0.0736. The fraction of sp³-hybridized carbons (Fsp3) is 0.588. The number of halogens is 1. The van der Waals surface area contributed by atoms with Crippen molar-refractivity contribution in [3.05, 3.63) is 29.6 Å². The van der Waals surface area contributed by atoms with E-state index in [1.165, 1.54) is 6.07 Å². The Balaban J connectivity index is 1.75. The Bertz CT molecular complexity index is 561. The molecule has 0 spiro atoms. The quantitative estimate of drug-likeness (QED) is 0.912. The molecular weight excluding hydrogens is 297 g/mol. The van der Waals surface area contributed by atoms with Crippen molar-refractivity contribution in [1.29, 1.82) is 0 Å². The Labute approximate surface area is 136 Å². The van der Waals surface area contributed by atoms with Gasteiger partial charge in [-0.25, -0.2) is 4.39 Å². The second kappa shape index (κ2) is 7.27. The molecule has 1 unspecified atom stereocenters. The summed E-state index contributed by atoms with van der Waals surface area (Å²) < 4.78 is 19.8. The van der Waals surface area contributed by atoms with Crippen LogP contribution in [0.5, 0.6) is 0 Å². The number of carbonyl (C=O) groups is 1. The molecule has 1 atom stereocenters. The Kier molecular flexibility index (Phi) is 5.13. The molecule has 2 fully saturated rings. The minimum absolute atomic E-state index is 0.0739. The third kappa shape index (κ3) is 3.48. The molecule has 0 bridgehead atoms. The van der Waals surface area contributed by atoms with E-state index in [9.17, 15) is 9.18 Å². The number of anilines is 1. The topological polar surface area (TPSA) is 44.8 Å². The van der Waals surface area contributed by atoms with Crippen LogP contribution < -0.4 is 10.2 Å². The molecule has 0 saturated carbocycles. The molecule has 6 heteroatoms. The van der Waals surface area contributed by atoms with Crippen LogP contribution >= 0.6 is 0 Å². The zero-order valence-electron chi connectivity index (χ0n) is 13.6. The molecule has 3 rings (SSSR count). The molecule has 1 aromatic rings. The summed E-state index contributed by atoms with van der Waals surface area (Å²) >= 11 is 0. The van der Waals surface area contributed by atoms with Crippen LogP contribution in [0.2, 0.25) is 0 Å². The number of amides is 1. The van der Waals surface area contributed by atoms with Crippen molar-refractivity contribution in [3.63, 3.8) is 0 Å². The van der Waals surface area contributed by atoms with E-state index in [1.54, 1.807) is 12.1 Å². The fourth-order valence-corrected chi connectivity index (χ4v) is 3.42. The number of hydrogen-bond acceptors (Lipinski definition) is 4. The molecule has 0 aromatic heterocycles. The van der Waals surface area contributed by atoms with Gasteiger partial charge in [-0.1, -0.05) is 0 Å². The van der Waals surface area contributed by atoms with Gasteiger partial charge in [0, 0.05) is 37.8 Å². The van der Waals surface area contributed by atoms with Crippen LogP contribution in [0, 0.1) is 5.82 Å². The summed E-state index contributed by atoms with van der Waals surface area (Å²) in [4.78, 5) is 16.5. The smallest absolute Gasteiger partial charge is 0.254 e. The lowest BCUT2D eigenvalue weighted by atomic mass is 10.1. The number of likely N-dealkylation sites (tertiary alicyclic amines) is 1. The zero-order valence-corrected chi connectivity index (χ0v) is 13.6. The van der Waals surface area contributed by atoms with Crippen molar-refractivity contribution >= 4 is 11.6 Å². The summed E-state index contributed by atoms with van der Waals surface area (Å²) in [5.41, 5.74) is 0.987. The average molecular weight is 321 g/mol. The molecule has 2 aliphatic heterocycles. The first-order valence-electron chi connectivity index (χ1n) is 8.28. The summed E-state index contributed by atoms with van der Waals surface area (Å²) in [7, 11) is 1.89. The molecule has 5 nitrogen and oxygen atoms in total. The predicted molar refractivity (Wildman–Crippen MR) is 87.4 cm³/mol. The number of likely N-dealkylation sites (N-methyl/N-ethyl adjacent to an activating group) is 1. The molecule has 23 heavy (non-hydrogen) atoms. The highest BCUT2D eigenvalue weighted by atomic mass is 19.1. The van der Waals surface area contributed by atoms with Gasteiger partial charge < -0.3 is 19.9 Å². The molecule has 1 aromatic carbocycles. The summed E-state index contributed by atoms with van der Waals surface area (Å²) in [6, 6.07) is 5.04. The van der Waals surface area contributed by atoms with Gasteiger partial charge in [0.2, 0.25) is 0 Å². The van der Waals surface area contributed by atoms with Crippen molar-refractivity contribution in [2.45, 2.75) is 18.9 Å². The zero-order chi connectivity index (χ0) is 16.2. The highest BCUT2D eigenvalue weighted by molar-refractivity contribution is 5.95. The molecule has 2 aliphatic rings. The molecular formula is C17H24FN3O2. The van der Waals surface area contributed by atoms with Crippen LogP contribution in [0.25, 0.3) is 0 Å². The number of carbonyl (C=O) groups excluding carboxylic acids is 1. The summed E-state index contributed by atoms with van der Waals surface area (Å²) in [6.45, 7) is 4.11. The number of nitrogens with one attached hydrogen (secondary N) is 1. The van der Waals surface area contributed by atoms with Crippen LogP contribution in [-0.4, -0.2) is 63.3 Å². The van der Waals surface area contributed by atoms with E-state index in [0.717, 1.165) is 25.9 Å². The highest BCUT2D eigenvalue weighted by Gasteiger charge is 2.29. The maximum absolute atomic E-state index is 14.5. The van der Waals surface area contributed by atoms with Gasteiger partial charge in [-0.05, 0) is 38.1 Å². The second-order valence-corrected chi connectivity index (χ2v) is 6.12. The average Bonchev–Trinajstić information content (AvgIpc) is 3.03. The minimum Gasteiger partial charge on any atom is -0.378 e. The second-order valence-electron chi connectivity index (χ2n) is 6.12. The molecule has 1 amide bonds. The lowest BCUT2D eigenvalue weighted by Crippen LogP contribution is -2.41. The van der Waals surface area contributed by atoms with Crippen LogP contribution in [0.1, 0.15) is 23.2 Å². The third-order valence-corrected chi connectivity index (χ3v) is 4.62. The summed E-state index contributed by atoms with van der Waals surface area (Å²) in [6.07, 6.45) is 2.01. The van der Waals surface area contributed by atoms with E-state index in [0.29, 0.717) is 37.6 Å². The molecule has 0 aliphatic carbocycles. The number of nitrogens with zero attached hydrogens (tertiary/aromatic N) is 2. The number of ether oxygens (including phenoxy) is 1. The van der Waals surface area contributed by atoms with Gasteiger partial charge in [-0.15, -0.1) is 0 Å². The Hall–Kier alpha value is -1.66. The van der Waals surface area contributed by atoms with Crippen LogP contribution in [0.15, 0.2) is 18.2 Å². The minimum atomic E-state index is -0.331. The maximum Gasteiger partial charge on any atom is 0.254 e. The highest BCUT2D eigenvalue weighted by Crippen LogP contribution is 2.24. The summed E-state index contributed by atoms with van der Waals surface area (Å²) in [5.74, 6) is -0.405. The SMILES string of the molecule is CNCC1CCCN1C(=O)c1ccc(N2CCOCC2)c(F)c1. The Morgan fingerprint density at radius 2 is 2.13 bits per heavy atom. The lowest BCUT2D eigenvalue weighted by Gasteiger charge is -2.29. The molecule has 2 saturated heterocycles. The van der Waals surface area contributed by atoms with Gasteiger partial charge in [0.15, 0.2) is 0 Å². The van der Waals surface area contributed by atoms with Gasteiger partial charge in [0.05, 0.1) is 18.9 Å². The standard InChI is InChI=1S/C17H24FN3O2/c1-19-12-14-3-2-6-21(14)17(22)13-4-5-16(15(18)11-13)20-7-9-23-10-8-20/h4-5,11,14,19H,2-3,6-10,12H2,1H3. The molecule has 0 radical (unpaired) electrons. The van der Waals surface area contributed by atoms with Gasteiger partial charge in [-0.3, -0.25) is 4.79 Å². The van der Waals surface area contributed by atoms with Crippen molar-refractivity contribution in [1.82, 2.24) is 10.2 Å². The first-order chi connectivity index (χ1) is 11.2. The Morgan fingerprint density at radius 3 is 2.83 bits per heavy atom.